The molecule has 0 spiro atoms. The summed E-state index contributed by atoms with van der Waals surface area (Å²) in [6.07, 6.45) is 0. The summed E-state index contributed by atoms with van der Waals surface area (Å²) in [5.74, 6) is 0.502. The third kappa shape index (κ3) is 1.83. The molecule has 60 valence electrons. The molecule has 0 saturated heterocycles. The van der Waals surface area contributed by atoms with Crippen LogP contribution in [0, 0.1) is 6.92 Å². The summed E-state index contributed by atoms with van der Waals surface area (Å²) in [5.41, 5.74) is 2.11. The van der Waals surface area contributed by atoms with E-state index in [9.17, 15) is 5.11 Å². The fourth-order valence-corrected chi connectivity index (χ4v) is 2.13. The highest BCUT2D eigenvalue weighted by molar-refractivity contribution is 6.33. The topological polar surface area (TPSA) is 20.2 Å². The number of aromatic hydroxyl groups is 1. The summed E-state index contributed by atoms with van der Waals surface area (Å²) in [6.45, 7) is 4.19. The molecule has 0 unspecified atom stereocenters. The van der Waals surface area contributed by atoms with Crippen LogP contribution in [0.2, 0.25) is 6.55 Å². The Bertz CT molecular complexity index is 245. The van der Waals surface area contributed by atoms with Crippen molar-refractivity contribution >= 4 is 9.52 Å². The minimum absolute atomic E-state index is 0.0183. The number of phenols is 1. The van der Waals surface area contributed by atoms with Crippen LogP contribution in [-0.4, -0.2) is 14.6 Å². The Labute approximate surface area is 69.9 Å². The van der Waals surface area contributed by atoms with E-state index >= 15 is 0 Å². The smallest absolute Gasteiger partial charge is 0.121 e. The van der Waals surface area contributed by atoms with Crippen LogP contribution in [0.3, 0.4) is 0 Å². The monoisotopic (exact) mass is 166 g/mol. The lowest BCUT2D eigenvalue weighted by Gasteiger charge is -2.04. The quantitative estimate of drug-likeness (QED) is 0.659. The van der Waals surface area contributed by atoms with Crippen molar-refractivity contribution in [1.29, 1.82) is 0 Å². The van der Waals surface area contributed by atoms with Gasteiger partial charge in [0.25, 0.3) is 0 Å². The summed E-state index contributed by atoms with van der Waals surface area (Å²) in [4.78, 5) is 0. The SMILES string of the molecule is C[SiH2]Cc1cccc(C)c1O. The maximum atomic E-state index is 9.55. The second-order valence-corrected chi connectivity index (χ2v) is 4.33. The molecule has 1 rings (SSSR count). The second kappa shape index (κ2) is 3.58. The van der Waals surface area contributed by atoms with Crippen LogP contribution < -0.4 is 0 Å². The zero-order valence-electron chi connectivity index (χ0n) is 7.09. The molecule has 0 fully saturated rings. The highest BCUT2D eigenvalue weighted by Crippen LogP contribution is 2.21. The van der Waals surface area contributed by atoms with E-state index in [1.54, 1.807) is 0 Å². The molecule has 0 aromatic heterocycles. The summed E-state index contributed by atoms with van der Waals surface area (Å²) in [5, 5.41) is 9.55. The zero-order valence-corrected chi connectivity index (χ0v) is 8.51. The molecule has 1 N–H and O–H groups in total. The van der Waals surface area contributed by atoms with Gasteiger partial charge >= 0.3 is 0 Å². The predicted octanol–water partition coefficient (Wildman–Crippen LogP) is 1.42. The van der Waals surface area contributed by atoms with E-state index in [0.717, 1.165) is 17.2 Å². The van der Waals surface area contributed by atoms with E-state index in [4.69, 9.17) is 0 Å². The van der Waals surface area contributed by atoms with E-state index < -0.39 is 0 Å². The Hall–Kier alpha value is -0.763. The van der Waals surface area contributed by atoms with Crippen molar-refractivity contribution in [3.63, 3.8) is 0 Å². The van der Waals surface area contributed by atoms with Gasteiger partial charge in [-0.1, -0.05) is 24.7 Å². The van der Waals surface area contributed by atoms with Crippen molar-refractivity contribution in [2.75, 3.05) is 0 Å². The number of aryl methyl sites for hydroxylation is 1. The van der Waals surface area contributed by atoms with Crippen LogP contribution in [0.4, 0.5) is 0 Å². The molecule has 1 nitrogen and oxygen atoms in total. The van der Waals surface area contributed by atoms with Crippen molar-refractivity contribution in [2.45, 2.75) is 19.5 Å². The molecule has 1 aromatic carbocycles. The minimum Gasteiger partial charge on any atom is -0.507 e. The average Bonchev–Trinajstić information content (AvgIpc) is 1.99. The molecule has 0 radical (unpaired) electrons. The van der Waals surface area contributed by atoms with Gasteiger partial charge in [0.2, 0.25) is 0 Å². The fraction of sp³-hybridized carbons (Fsp3) is 0.333. The van der Waals surface area contributed by atoms with Gasteiger partial charge in [0.1, 0.15) is 5.75 Å². The molecule has 0 saturated carbocycles. The Morgan fingerprint density at radius 3 is 2.82 bits per heavy atom. The van der Waals surface area contributed by atoms with Gasteiger partial charge in [-0.2, -0.15) is 0 Å². The van der Waals surface area contributed by atoms with Crippen molar-refractivity contribution in [3.8, 4) is 5.75 Å². The van der Waals surface area contributed by atoms with Crippen molar-refractivity contribution in [3.05, 3.63) is 29.3 Å². The van der Waals surface area contributed by atoms with Gasteiger partial charge in [-0.15, -0.1) is 0 Å². The first-order valence-corrected chi connectivity index (χ1v) is 6.44. The molecule has 2 heteroatoms. The van der Waals surface area contributed by atoms with Crippen LogP contribution >= 0.6 is 0 Å². The summed E-state index contributed by atoms with van der Waals surface area (Å²) in [6, 6.07) is 7.07. The normalized spacial score (nSPS) is 11.1. The predicted molar refractivity (Wildman–Crippen MR) is 51.0 cm³/mol. The Morgan fingerprint density at radius 1 is 1.45 bits per heavy atom. The lowest BCUT2D eigenvalue weighted by Crippen LogP contribution is -1.92. The van der Waals surface area contributed by atoms with Gasteiger partial charge in [-0.05, 0) is 24.1 Å². The van der Waals surface area contributed by atoms with Gasteiger partial charge in [0.05, 0.1) is 0 Å². The molecule has 1 aromatic rings. The van der Waals surface area contributed by atoms with Gasteiger partial charge < -0.3 is 5.11 Å². The van der Waals surface area contributed by atoms with E-state index in [-0.39, 0.29) is 9.52 Å². The molecule has 0 heterocycles. The maximum Gasteiger partial charge on any atom is 0.121 e. The van der Waals surface area contributed by atoms with Crippen LogP contribution in [0.5, 0.6) is 5.75 Å². The lowest BCUT2D eigenvalue weighted by atomic mass is 10.1. The second-order valence-electron chi connectivity index (χ2n) is 2.83. The Morgan fingerprint density at radius 2 is 2.18 bits per heavy atom. The number of rotatable bonds is 2. The number of para-hydroxylation sites is 1. The first-order valence-electron chi connectivity index (χ1n) is 4.03. The van der Waals surface area contributed by atoms with Crippen LogP contribution in [0.15, 0.2) is 18.2 Å². The number of phenolic OH excluding ortho intramolecular Hbond substituents is 1. The van der Waals surface area contributed by atoms with Gasteiger partial charge in [0.15, 0.2) is 0 Å². The van der Waals surface area contributed by atoms with Crippen LogP contribution in [-0.2, 0) is 6.04 Å². The third-order valence-electron chi connectivity index (χ3n) is 1.84. The highest BCUT2D eigenvalue weighted by atomic mass is 28.2. The highest BCUT2D eigenvalue weighted by Gasteiger charge is 2.00. The fourth-order valence-electron chi connectivity index (χ4n) is 1.19. The number of hydrogen-bond acceptors (Lipinski definition) is 1. The lowest BCUT2D eigenvalue weighted by molar-refractivity contribution is 0.466. The van der Waals surface area contributed by atoms with Crippen molar-refractivity contribution in [2.24, 2.45) is 0 Å². The average molecular weight is 166 g/mol. The third-order valence-corrected chi connectivity index (χ3v) is 2.88. The zero-order chi connectivity index (χ0) is 8.27. The molecule has 0 bridgehead atoms. The van der Waals surface area contributed by atoms with Crippen LogP contribution in [0.1, 0.15) is 11.1 Å². The summed E-state index contributed by atoms with van der Waals surface area (Å²) >= 11 is 0. The first-order chi connectivity index (χ1) is 5.25. The Balaban J connectivity index is 2.96. The van der Waals surface area contributed by atoms with Gasteiger partial charge in [0, 0.05) is 9.52 Å². The Kier molecular flexibility index (Phi) is 2.71. The number of hydrogen-bond donors (Lipinski definition) is 1. The molecule has 0 aliphatic heterocycles. The van der Waals surface area contributed by atoms with Gasteiger partial charge in [-0.25, -0.2) is 0 Å². The first kappa shape index (κ1) is 8.33. The summed E-state index contributed by atoms with van der Waals surface area (Å²) in [7, 11) is 0.0183. The van der Waals surface area contributed by atoms with E-state index in [2.05, 4.69) is 6.55 Å². The summed E-state index contributed by atoms with van der Waals surface area (Å²) < 4.78 is 0. The molecular weight excluding hydrogens is 152 g/mol. The van der Waals surface area contributed by atoms with E-state index in [1.807, 2.05) is 25.1 Å². The molecular formula is C9H14OSi. The van der Waals surface area contributed by atoms with Crippen LogP contribution in [0.25, 0.3) is 0 Å². The molecule has 0 aliphatic carbocycles. The van der Waals surface area contributed by atoms with Crippen molar-refractivity contribution in [1.82, 2.24) is 0 Å². The molecule has 0 atom stereocenters. The standard InChI is InChI=1S/C9H14OSi/c1-7-4-3-5-8(6-11-2)9(7)10/h3-5,10H,6,11H2,1-2H3. The molecule has 0 aliphatic rings. The molecule has 11 heavy (non-hydrogen) atoms. The van der Waals surface area contributed by atoms with Crippen molar-refractivity contribution < 1.29 is 5.11 Å². The maximum absolute atomic E-state index is 9.55. The van der Waals surface area contributed by atoms with Gasteiger partial charge in [-0.3, -0.25) is 0 Å². The largest absolute Gasteiger partial charge is 0.507 e. The molecule has 0 amide bonds. The minimum atomic E-state index is 0.0183. The number of benzene rings is 1. The van der Waals surface area contributed by atoms with E-state index in [1.165, 1.54) is 0 Å². The van der Waals surface area contributed by atoms with E-state index in [0.29, 0.717) is 5.75 Å².